The number of hydrogen-bond donors (Lipinski definition) is 0. The van der Waals surface area contributed by atoms with Gasteiger partial charge >= 0.3 is 17.9 Å². The van der Waals surface area contributed by atoms with Gasteiger partial charge in [-0.2, -0.15) is 0 Å². The third-order valence-electron chi connectivity index (χ3n) is 8.60. The van der Waals surface area contributed by atoms with Gasteiger partial charge in [0.1, 0.15) is 12.7 Å². The van der Waals surface area contributed by atoms with Crippen LogP contribution in [0.4, 0.5) is 0 Å². The zero-order chi connectivity index (χ0) is 35.3. The molecule has 1 unspecified atom stereocenters. The quantitative estimate of drug-likeness (QED) is 0.0217. The highest BCUT2D eigenvalue weighted by Crippen LogP contribution is 2.18. The van der Waals surface area contributed by atoms with Crippen molar-refractivity contribution in [3.8, 4) is 0 Å². The molecule has 0 aromatic carbocycles. The molecule has 0 spiro atoms. The molecule has 7 heteroatoms. The van der Waals surface area contributed by atoms with E-state index < -0.39 is 0 Å². The molecule has 0 aromatic heterocycles. The van der Waals surface area contributed by atoms with Gasteiger partial charge in [0.2, 0.25) is 0 Å². The highest BCUT2D eigenvalue weighted by atomic mass is 16.5. The Morgan fingerprint density at radius 3 is 1.67 bits per heavy atom. The third-order valence-corrected chi connectivity index (χ3v) is 8.60. The van der Waals surface area contributed by atoms with Crippen molar-refractivity contribution in [2.24, 2.45) is 0 Å². The highest BCUT2D eigenvalue weighted by Gasteiger charge is 2.14. The first kappa shape index (κ1) is 45.9. The van der Waals surface area contributed by atoms with Crippen LogP contribution >= 0.6 is 0 Å². The highest BCUT2D eigenvalue weighted by molar-refractivity contribution is 5.70. The molecular weight excluding hydrogens is 602 g/mol. The maximum absolute atomic E-state index is 12.5. The Kier molecular flexibility index (Phi) is 34.5. The summed E-state index contributed by atoms with van der Waals surface area (Å²) in [5, 5.41) is 0. The molecular formula is C41H75NO6. The van der Waals surface area contributed by atoms with Crippen molar-refractivity contribution in [1.82, 2.24) is 4.90 Å². The largest absolute Gasteiger partial charge is 0.462 e. The molecule has 0 radical (unpaired) electrons. The minimum absolute atomic E-state index is 0.0278. The summed E-state index contributed by atoms with van der Waals surface area (Å²) in [5.41, 5.74) is 0. The lowest BCUT2D eigenvalue weighted by molar-refractivity contribution is -0.150. The van der Waals surface area contributed by atoms with Gasteiger partial charge in [-0.1, -0.05) is 109 Å². The molecule has 0 N–H and O–H groups in total. The molecule has 0 aliphatic carbocycles. The standard InChI is InChI=1S/C41H75NO6/c1-5-7-9-11-13-21-27-36-46-39(43)32-25-19-15-17-23-30-38(48-41(45)34-29-35-42(3)4)31-24-18-16-20-26-33-40(44)47-37-28-22-14-12-10-8-6-2/h21,27-28,37-38H,5-20,22-26,29-36H2,1-4H3/b27-21+,37-28+. The average Bonchev–Trinajstić information content (AvgIpc) is 3.05. The summed E-state index contributed by atoms with van der Waals surface area (Å²) in [7, 11) is 4.03. The molecule has 1 atom stereocenters. The third kappa shape index (κ3) is 35.2. The molecule has 0 aliphatic heterocycles. The van der Waals surface area contributed by atoms with Gasteiger partial charge in [0.15, 0.2) is 0 Å². The normalized spacial score (nSPS) is 12.3. The smallest absolute Gasteiger partial charge is 0.310 e. The van der Waals surface area contributed by atoms with E-state index in [9.17, 15) is 14.4 Å². The van der Waals surface area contributed by atoms with Gasteiger partial charge in [-0.15, -0.1) is 0 Å². The first-order valence-corrected chi connectivity index (χ1v) is 19.9. The van der Waals surface area contributed by atoms with E-state index >= 15 is 0 Å². The molecule has 0 aliphatic rings. The van der Waals surface area contributed by atoms with Crippen molar-refractivity contribution in [1.29, 1.82) is 0 Å². The summed E-state index contributed by atoms with van der Waals surface area (Å²) in [6.07, 6.45) is 34.9. The minimum atomic E-state index is -0.144. The Labute approximate surface area is 296 Å². The van der Waals surface area contributed by atoms with Crippen LogP contribution in [0.1, 0.15) is 187 Å². The van der Waals surface area contributed by atoms with Crippen LogP contribution in [0.25, 0.3) is 0 Å². The molecule has 7 nitrogen and oxygen atoms in total. The van der Waals surface area contributed by atoms with Crippen LogP contribution in [0.15, 0.2) is 24.5 Å². The van der Waals surface area contributed by atoms with Crippen molar-refractivity contribution in [3.63, 3.8) is 0 Å². The van der Waals surface area contributed by atoms with Crippen molar-refractivity contribution < 1.29 is 28.6 Å². The van der Waals surface area contributed by atoms with E-state index in [0.29, 0.717) is 25.9 Å². The second kappa shape index (κ2) is 36.1. The summed E-state index contributed by atoms with van der Waals surface area (Å²) in [6, 6.07) is 0. The van der Waals surface area contributed by atoms with Crippen molar-refractivity contribution >= 4 is 17.9 Å². The summed E-state index contributed by atoms with van der Waals surface area (Å²) in [6.45, 7) is 5.70. The van der Waals surface area contributed by atoms with E-state index in [1.165, 1.54) is 51.4 Å². The lowest BCUT2D eigenvalue weighted by atomic mass is 10.0. The number of carbonyl (C=O) groups is 3. The lowest BCUT2D eigenvalue weighted by Crippen LogP contribution is -2.20. The number of carbonyl (C=O) groups excluding carboxylic acids is 3. The van der Waals surface area contributed by atoms with E-state index in [1.807, 2.05) is 26.2 Å². The molecule has 0 aromatic rings. The van der Waals surface area contributed by atoms with Crippen LogP contribution < -0.4 is 0 Å². The number of hydrogen-bond acceptors (Lipinski definition) is 7. The van der Waals surface area contributed by atoms with Gasteiger partial charge in [0, 0.05) is 19.3 Å². The van der Waals surface area contributed by atoms with Gasteiger partial charge < -0.3 is 19.1 Å². The minimum Gasteiger partial charge on any atom is -0.462 e. The number of unbranched alkanes of at least 4 members (excludes halogenated alkanes) is 17. The summed E-state index contributed by atoms with van der Waals surface area (Å²) in [5.74, 6) is -0.340. The number of esters is 3. The summed E-state index contributed by atoms with van der Waals surface area (Å²) < 4.78 is 16.5. The average molecular weight is 678 g/mol. The SMILES string of the molecule is CCCCCC/C=C/COC(=O)CCCCCCCC(CCCCCCCC(=O)O/C=C/CCCCCCC)OC(=O)CCCN(C)C. The molecule has 280 valence electrons. The fourth-order valence-corrected chi connectivity index (χ4v) is 5.59. The Hall–Kier alpha value is -2.15. The number of ether oxygens (including phenoxy) is 3. The van der Waals surface area contributed by atoms with Crippen LogP contribution in [0.3, 0.4) is 0 Å². The molecule has 0 fully saturated rings. The summed E-state index contributed by atoms with van der Waals surface area (Å²) >= 11 is 0. The summed E-state index contributed by atoms with van der Waals surface area (Å²) in [4.78, 5) is 38.5. The van der Waals surface area contributed by atoms with Crippen molar-refractivity contribution in [2.75, 3.05) is 27.2 Å². The first-order chi connectivity index (χ1) is 23.4. The van der Waals surface area contributed by atoms with Gasteiger partial charge in [0.25, 0.3) is 0 Å². The van der Waals surface area contributed by atoms with Crippen LogP contribution in [0.5, 0.6) is 0 Å². The number of rotatable bonds is 35. The van der Waals surface area contributed by atoms with Crippen molar-refractivity contribution in [3.05, 3.63) is 24.5 Å². The van der Waals surface area contributed by atoms with Crippen LogP contribution in [-0.4, -0.2) is 56.2 Å². The zero-order valence-corrected chi connectivity index (χ0v) is 31.8. The van der Waals surface area contributed by atoms with E-state index in [4.69, 9.17) is 14.2 Å². The predicted molar refractivity (Wildman–Crippen MR) is 200 cm³/mol. The topological polar surface area (TPSA) is 82.1 Å². The van der Waals surface area contributed by atoms with E-state index in [0.717, 1.165) is 109 Å². The second-order valence-electron chi connectivity index (χ2n) is 13.7. The van der Waals surface area contributed by atoms with E-state index in [-0.39, 0.29) is 24.0 Å². The van der Waals surface area contributed by atoms with Gasteiger partial charge in [-0.3, -0.25) is 14.4 Å². The predicted octanol–water partition coefficient (Wildman–Crippen LogP) is 11.2. The molecule has 0 saturated heterocycles. The molecule has 0 saturated carbocycles. The van der Waals surface area contributed by atoms with E-state index in [1.54, 1.807) is 6.26 Å². The maximum Gasteiger partial charge on any atom is 0.310 e. The Morgan fingerprint density at radius 2 is 1.04 bits per heavy atom. The molecule has 0 bridgehead atoms. The molecule has 48 heavy (non-hydrogen) atoms. The van der Waals surface area contributed by atoms with Gasteiger partial charge in [-0.25, -0.2) is 0 Å². The number of allylic oxidation sites excluding steroid dienone is 2. The fourth-order valence-electron chi connectivity index (χ4n) is 5.59. The Balaban J connectivity index is 4.12. The number of nitrogens with zero attached hydrogens (tertiary/aromatic N) is 1. The van der Waals surface area contributed by atoms with Gasteiger partial charge in [-0.05, 0) is 97.3 Å². The Morgan fingerprint density at radius 1 is 0.542 bits per heavy atom. The van der Waals surface area contributed by atoms with Gasteiger partial charge in [0.05, 0.1) is 6.26 Å². The van der Waals surface area contributed by atoms with Crippen LogP contribution in [0, 0.1) is 0 Å². The van der Waals surface area contributed by atoms with Crippen LogP contribution in [-0.2, 0) is 28.6 Å². The molecule has 0 heterocycles. The Bertz CT molecular complexity index is 809. The lowest BCUT2D eigenvalue weighted by Gasteiger charge is -2.18. The second-order valence-corrected chi connectivity index (χ2v) is 13.7. The monoisotopic (exact) mass is 678 g/mol. The fraction of sp³-hybridized carbons (Fsp3) is 0.829. The van der Waals surface area contributed by atoms with E-state index in [2.05, 4.69) is 24.8 Å². The molecule has 0 rings (SSSR count). The first-order valence-electron chi connectivity index (χ1n) is 19.9. The zero-order valence-electron chi connectivity index (χ0n) is 31.8. The van der Waals surface area contributed by atoms with Crippen molar-refractivity contribution in [2.45, 2.75) is 193 Å². The molecule has 0 amide bonds. The maximum atomic E-state index is 12.5. The van der Waals surface area contributed by atoms with Crippen LogP contribution in [0.2, 0.25) is 0 Å².